The normalized spacial score (nSPS) is 26.1. The molecule has 5 rings (SSSR count). The number of rotatable bonds is 3. The number of thioether (sulfide) groups is 1. The molecule has 2 aromatic rings. The molecule has 8 heteroatoms. The fourth-order valence-corrected chi connectivity index (χ4v) is 6.20. The van der Waals surface area contributed by atoms with Crippen LogP contribution in [0, 0.1) is 17.2 Å². The summed E-state index contributed by atoms with van der Waals surface area (Å²) in [6.07, 6.45) is 2.82. The largest absolute Gasteiger partial charge is 0.353 e. The van der Waals surface area contributed by atoms with Gasteiger partial charge in [-0.15, -0.1) is 0 Å². The number of piperidine rings is 1. The van der Waals surface area contributed by atoms with Crippen molar-refractivity contribution >= 4 is 17.7 Å². The van der Waals surface area contributed by atoms with Crippen LogP contribution in [0.4, 0.5) is 0 Å². The van der Waals surface area contributed by atoms with Gasteiger partial charge in [0.25, 0.3) is 5.56 Å². The lowest BCUT2D eigenvalue weighted by molar-refractivity contribution is -0.138. The third-order valence-corrected chi connectivity index (χ3v) is 7.51. The summed E-state index contributed by atoms with van der Waals surface area (Å²) in [7, 11) is 0. The summed E-state index contributed by atoms with van der Waals surface area (Å²) in [4.78, 5) is 33.7. The van der Waals surface area contributed by atoms with Crippen molar-refractivity contribution in [2.24, 2.45) is 5.92 Å². The SMILES string of the molecule is N#Cc1cc(CN2C[C@H]3C[C@@H](C2)[C@H](C(=O)N2CCSCC2)n2c3cccc2=O)c[nH]1. The van der Waals surface area contributed by atoms with E-state index in [9.17, 15) is 9.59 Å². The fraction of sp³-hybridized carbons (Fsp3) is 0.500. The van der Waals surface area contributed by atoms with Crippen LogP contribution in [0.3, 0.4) is 0 Å². The molecule has 2 bridgehead atoms. The zero-order valence-electron chi connectivity index (χ0n) is 16.8. The summed E-state index contributed by atoms with van der Waals surface area (Å²) in [5, 5.41) is 9.07. The van der Waals surface area contributed by atoms with Crippen LogP contribution >= 0.6 is 11.8 Å². The number of hydrogen-bond donors (Lipinski definition) is 1. The Bertz CT molecular complexity index is 1050. The summed E-state index contributed by atoms with van der Waals surface area (Å²) in [5.74, 6) is 2.39. The first kappa shape index (κ1) is 19.5. The van der Waals surface area contributed by atoms with Crippen LogP contribution < -0.4 is 5.56 Å². The van der Waals surface area contributed by atoms with E-state index in [1.54, 1.807) is 10.6 Å². The highest BCUT2D eigenvalue weighted by Crippen LogP contribution is 2.42. The molecule has 3 atom stereocenters. The Balaban J connectivity index is 1.46. The molecule has 3 aliphatic rings. The number of hydrogen-bond acceptors (Lipinski definition) is 5. The predicted octanol–water partition coefficient (Wildman–Crippen LogP) is 1.78. The van der Waals surface area contributed by atoms with Gasteiger partial charge < -0.3 is 9.88 Å². The molecule has 0 radical (unpaired) electrons. The molecule has 0 unspecified atom stereocenters. The van der Waals surface area contributed by atoms with Gasteiger partial charge in [0.1, 0.15) is 17.8 Å². The minimum atomic E-state index is -0.420. The smallest absolute Gasteiger partial charge is 0.251 e. The van der Waals surface area contributed by atoms with Gasteiger partial charge in [0.15, 0.2) is 0 Å². The number of pyridine rings is 1. The van der Waals surface area contributed by atoms with E-state index in [0.717, 1.165) is 61.9 Å². The van der Waals surface area contributed by atoms with Crippen molar-refractivity contribution in [3.63, 3.8) is 0 Å². The number of carbonyl (C=O) groups excluding carboxylic acids is 1. The topological polar surface area (TPSA) is 85.1 Å². The Labute approximate surface area is 179 Å². The van der Waals surface area contributed by atoms with Gasteiger partial charge in [-0.1, -0.05) is 6.07 Å². The molecule has 30 heavy (non-hydrogen) atoms. The molecule has 5 heterocycles. The molecule has 0 aromatic carbocycles. The number of nitrogens with zero attached hydrogens (tertiary/aromatic N) is 4. The van der Waals surface area contributed by atoms with Gasteiger partial charge in [0, 0.05) is 74.0 Å². The van der Waals surface area contributed by atoms with Crippen LogP contribution in [0.1, 0.15) is 35.3 Å². The minimum absolute atomic E-state index is 0.0651. The van der Waals surface area contributed by atoms with Gasteiger partial charge in [-0.25, -0.2) is 0 Å². The molecule has 0 spiro atoms. The van der Waals surface area contributed by atoms with E-state index in [0.29, 0.717) is 5.69 Å². The first-order chi connectivity index (χ1) is 14.6. The highest BCUT2D eigenvalue weighted by atomic mass is 32.2. The average Bonchev–Trinajstić information content (AvgIpc) is 3.22. The van der Waals surface area contributed by atoms with E-state index in [-0.39, 0.29) is 23.3 Å². The van der Waals surface area contributed by atoms with Crippen molar-refractivity contribution in [1.82, 2.24) is 19.4 Å². The van der Waals surface area contributed by atoms with E-state index in [4.69, 9.17) is 5.26 Å². The van der Waals surface area contributed by atoms with Crippen molar-refractivity contribution in [3.05, 3.63) is 57.8 Å². The molecule has 7 nitrogen and oxygen atoms in total. The second kappa shape index (κ2) is 7.97. The molecule has 0 saturated carbocycles. The number of H-pyrrole nitrogens is 1. The summed E-state index contributed by atoms with van der Waals surface area (Å²) in [6.45, 7) is 3.90. The first-order valence-corrected chi connectivity index (χ1v) is 11.7. The molecular weight excluding hydrogens is 398 g/mol. The molecule has 0 aliphatic carbocycles. The fourth-order valence-electron chi connectivity index (χ4n) is 5.30. The van der Waals surface area contributed by atoms with Gasteiger partial charge >= 0.3 is 0 Å². The Hall–Kier alpha value is -2.50. The van der Waals surface area contributed by atoms with Gasteiger partial charge in [-0.05, 0) is 24.1 Å². The third-order valence-electron chi connectivity index (χ3n) is 6.57. The van der Waals surface area contributed by atoms with Gasteiger partial charge in [0.05, 0.1) is 0 Å². The highest BCUT2D eigenvalue weighted by Gasteiger charge is 2.45. The maximum absolute atomic E-state index is 13.6. The standard InChI is InChI=1S/C22H25N5O2S/c23-10-18-8-15(11-24-18)12-25-13-16-9-17(14-25)21(22(29)26-4-6-30-7-5-26)27-19(16)2-1-3-20(27)28/h1-3,8,11,16-17,21,24H,4-7,9,12-14H2/t16-,17+,21-/m1/s1. The summed E-state index contributed by atoms with van der Waals surface area (Å²) < 4.78 is 1.80. The van der Waals surface area contributed by atoms with Crippen molar-refractivity contribution in [3.8, 4) is 6.07 Å². The van der Waals surface area contributed by atoms with Crippen molar-refractivity contribution in [2.75, 3.05) is 37.7 Å². The third kappa shape index (κ3) is 3.46. The molecule has 156 valence electrons. The van der Waals surface area contributed by atoms with E-state index < -0.39 is 6.04 Å². The number of carbonyl (C=O) groups is 1. The van der Waals surface area contributed by atoms with Crippen molar-refractivity contribution < 1.29 is 4.79 Å². The summed E-state index contributed by atoms with van der Waals surface area (Å²) >= 11 is 1.88. The maximum Gasteiger partial charge on any atom is 0.251 e. The monoisotopic (exact) mass is 423 g/mol. The number of nitrogens with one attached hydrogen (secondary N) is 1. The second-order valence-corrected chi connectivity index (χ2v) is 9.69. The Kier molecular flexibility index (Phi) is 5.17. The van der Waals surface area contributed by atoms with E-state index in [1.807, 2.05) is 41.1 Å². The van der Waals surface area contributed by atoms with Crippen molar-refractivity contribution in [2.45, 2.75) is 24.9 Å². The predicted molar refractivity (Wildman–Crippen MR) is 115 cm³/mol. The molecule has 2 saturated heterocycles. The van der Waals surface area contributed by atoms with E-state index in [2.05, 4.69) is 16.0 Å². The molecule has 2 fully saturated rings. The minimum Gasteiger partial charge on any atom is -0.353 e. The molecule has 2 aromatic heterocycles. The molecular formula is C22H25N5O2S. The Morgan fingerprint density at radius 3 is 2.87 bits per heavy atom. The molecule has 3 aliphatic heterocycles. The van der Waals surface area contributed by atoms with Crippen molar-refractivity contribution in [1.29, 1.82) is 5.26 Å². The number of likely N-dealkylation sites (tertiary alicyclic amines) is 1. The van der Waals surface area contributed by atoms with Gasteiger partial charge in [-0.2, -0.15) is 17.0 Å². The van der Waals surface area contributed by atoms with Gasteiger partial charge in [-0.3, -0.25) is 19.1 Å². The zero-order chi connectivity index (χ0) is 20.7. The zero-order valence-corrected chi connectivity index (χ0v) is 17.6. The van der Waals surface area contributed by atoms with Crippen LogP contribution in [-0.4, -0.2) is 62.9 Å². The lowest BCUT2D eigenvalue weighted by atomic mass is 9.78. The Morgan fingerprint density at radius 2 is 2.10 bits per heavy atom. The van der Waals surface area contributed by atoms with Crippen LogP contribution in [-0.2, 0) is 11.3 Å². The average molecular weight is 424 g/mol. The lowest BCUT2D eigenvalue weighted by Gasteiger charge is -2.47. The second-order valence-electron chi connectivity index (χ2n) is 8.46. The van der Waals surface area contributed by atoms with Crippen LogP contribution in [0.5, 0.6) is 0 Å². The Morgan fingerprint density at radius 1 is 1.27 bits per heavy atom. The molecule has 1 N–H and O–H groups in total. The van der Waals surface area contributed by atoms with Crippen LogP contribution in [0.25, 0.3) is 0 Å². The van der Waals surface area contributed by atoms with E-state index >= 15 is 0 Å². The number of amides is 1. The number of aromatic amines is 1. The number of aromatic nitrogens is 2. The first-order valence-electron chi connectivity index (χ1n) is 10.5. The van der Waals surface area contributed by atoms with Crippen LogP contribution in [0.2, 0.25) is 0 Å². The molecule has 1 amide bonds. The lowest BCUT2D eigenvalue weighted by Crippen LogP contribution is -2.54. The van der Waals surface area contributed by atoms with Crippen LogP contribution in [0.15, 0.2) is 35.3 Å². The number of fused-ring (bicyclic) bond motifs is 4. The summed E-state index contributed by atoms with van der Waals surface area (Å²) in [5.41, 5.74) is 2.56. The maximum atomic E-state index is 13.6. The van der Waals surface area contributed by atoms with E-state index in [1.165, 1.54) is 0 Å². The summed E-state index contributed by atoms with van der Waals surface area (Å²) in [6, 6.07) is 9.02. The highest BCUT2D eigenvalue weighted by molar-refractivity contribution is 7.99. The quantitative estimate of drug-likeness (QED) is 0.814. The number of nitriles is 1. The van der Waals surface area contributed by atoms with Gasteiger partial charge in [0.2, 0.25) is 5.91 Å².